The standard InChI is InChI=1S/C25H27NO4/c1-17-9-11-18(12-10-17)22(28)13-14-24(29)30-16-19(27)15-23-25(2,3)20-7-5-6-8-21(20)26(23)4/h5-12,15H,13-14,16H2,1-4H3. The Morgan fingerprint density at radius 1 is 1.00 bits per heavy atom. The summed E-state index contributed by atoms with van der Waals surface area (Å²) in [6.07, 6.45) is 1.56. The van der Waals surface area contributed by atoms with E-state index >= 15 is 0 Å². The number of ether oxygens (including phenoxy) is 1. The van der Waals surface area contributed by atoms with Crippen LogP contribution in [0.15, 0.2) is 60.3 Å². The van der Waals surface area contributed by atoms with Crippen molar-refractivity contribution in [3.63, 3.8) is 0 Å². The zero-order valence-electron chi connectivity index (χ0n) is 17.9. The minimum absolute atomic E-state index is 0.0482. The van der Waals surface area contributed by atoms with Gasteiger partial charge in [0, 0.05) is 41.9 Å². The van der Waals surface area contributed by atoms with Gasteiger partial charge in [-0.15, -0.1) is 0 Å². The quantitative estimate of drug-likeness (QED) is 0.389. The molecule has 3 rings (SSSR count). The van der Waals surface area contributed by atoms with E-state index in [-0.39, 0.29) is 36.4 Å². The van der Waals surface area contributed by atoms with E-state index in [0.29, 0.717) is 5.56 Å². The Balaban J connectivity index is 1.54. The zero-order chi connectivity index (χ0) is 21.9. The third-order valence-electron chi connectivity index (χ3n) is 5.54. The number of nitrogens with zero attached hydrogens (tertiary/aromatic N) is 1. The maximum Gasteiger partial charge on any atom is 0.306 e. The van der Waals surface area contributed by atoms with Crippen LogP contribution in [0.5, 0.6) is 0 Å². The molecule has 0 N–H and O–H groups in total. The van der Waals surface area contributed by atoms with Crippen LogP contribution in [-0.2, 0) is 19.7 Å². The van der Waals surface area contributed by atoms with Crippen LogP contribution in [-0.4, -0.2) is 31.2 Å². The molecule has 2 aromatic carbocycles. The van der Waals surface area contributed by atoms with E-state index in [1.54, 1.807) is 18.2 Å². The normalized spacial score (nSPS) is 15.7. The second kappa shape index (κ2) is 8.66. The Morgan fingerprint density at radius 2 is 1.67 bits per heavy atom. The third kappa shape index (κ3) is 4.51. The summed E-state index contributed by atoms with van der Waals surface area (Å²) in [5.74, 6) is -0.951. The summed E-state index contributed by atoms with van der Waals surface area (Å²) in [6.45, 7) is 5.75. The number of esters is 1. The van der Waals surface area contributed by atoms with E-state index in [1.807, 2.05) is 49.2 Å². The number of allylic oxidation sites excluding steroid dienone is 1. The predicted octanol–water partition coefficient (Wildman–Crippen LogP) is 4.38. The highest BCUT2D eigenvalue weighted by molar-refractivity contribution is 5.98. The van der Waals surface area contributed by atoms with Crippen LogP contribution in [0.3, 0.4) is 0 Å². The van der Waals surface area contributed by atoms with Gasteiger partial charge in [0.2, 0.25) is 0 Å². The molecule has 30 heavy (non-hydrogen) atoms. The van der Waals surface area contributed by atoms with Crippen LogP contribution in [0.2, 0.25) is 0 Å². The largest absolute Gasteiger partial charge is 0.457 e. The number of aryl methyl sites for hydroxylation is 1. The Labute approximate surface area is 177 Å². The number of carbonyl (C=O) groups is 3. The van der Waals surface area contributed by atoms with E-state index in [0.717, 1.165) is 22.5 Å². The number of rotatable bonds is 7. The lowest BCUT2D eigenvalue weighted by atomic mass is 9.83. The van der Waals surface area contributed by atoms with Gasteiger partial charge in [0.05, 0.1) is 6.42 Å². The van der Waals surface area contributed by atoms with Crippen LogP contribution in [0, 0.1) is 6.92 Å². The lowest BCUT2D eigenvalue weighted by Crippen LogP contribution is -2.25. The van der Waals surface area contributed by atoms with Gasteiger partial charge < -0.3 is 9.64 Å². The molecular weight excluding hydrogens is 378 g/mol. The van der Waals surface area contributed by atoms with Crippen LogP contribution < -0.4 is 4.90 Å². The molecule has 1 heterocycles. The van der Waals surface area contributed by atoms with Crippen LogP contribution >= 0.6 is 0 Å². The second-order valence-corrected chi connectivity index (χ2v) is 8.15. The summed E-state index contributed by atoms with van der Waals surface area (Å²) in [7, 11) is 1.93. The molecule has 0 atom stereocenters. The van der Waals surface area contributed by atoms with Gasteiger partial charge >= 0.3 is 5.97 Å². The molecule has 0 amide bonds. The summed E-state index contributed by atoms with van der Waals surface area (Å²) in [5, 5.41) is 0. The molecule has 0 unspecified atom stereocenters. The zero-order valence-corrected chi connectivity index (χ0v) is 17.9. The van der Waals surface area contributed by atoms with Gasteiger partial charge in [-0.25, -0.2) is 0 Å². The lowest BCUT2D eigenvalue weighted by Gasteiger charge is -2.23. The summed E-state index contributed by atoms with van der Waals surface area (Å²) in [6, 6.07) is 15.2. The Hall–Kier alpha value is -3.21. The molecule has 2 aromatic rings. The molecule has 1 aliphatic heterocycles. The maximum absolute atomic E-state index is 12.4. The first kappa shape index (κ1) is 21.5. The molecule has 5 heteroatoms. The van der Waals surface area contributed by atoms with Gasteiger partial charge in [0.25, 0.3) is 0 Å². The van der Waals surface area contributed by atoms with E-state index in [9.17, 15) is 14.4 Å². The van der Waals surface area contributed by atoms with Gasteiger partial charge in [-0.1, -0.05) is 61.9 Å². The van der Waals surface area contributed by atoms with Crippen molar-refractivity contribution in [2.45, 2.75) is 39.0 Å². The van der Waals surface area contributed by atoms with Crippen LogP contribution in [0.4, 0.5) is 5.69 Å². The first-order valence-corrected chi connectivity index (χ1v) is 10.0. The molecule has 0 spiro atoms. The van der Waals surface area contributed by atoms with E-state index < -0.39 is 5.97 Å². The van der Waals surface area contributed by atoms with Crippen molar-refractivity contribution in [2.75, 3.05) is 18.6 Å². The highest BCUT2D eigenvalue weighted by atomic mass is 16.5. The molecule has 0 radical (unpaired) electrons. The van der Waals surface area contributed by atoms with Crippen molar-refractivity contribution in [2.24, 2.45) is 0 Å². The second-order valence-electron chi connectivity index (χ2n) is 8.15. The lowest BCUT2D eigenvalue weighted by molar-refractivity contribution is -0.146. The van der Waals surface area contributed by atoms with Gasteiger partial charge in [-0.2, -0.15) is 0 Å². The molecule has 0 aliphatic carbocycles. The molecule has 0 saturated heterocycles. The summed E-state index contributed by atoms with van der Waals surface area (Å²) in [4.78, 5) is 38.6. The molecule has 1 aliphatic rings. The molecule has 5 nitrogen and oxygen atoms in total. The van der Waals surface area contributed by atoms with E-state index in [4.69, 9.17) is 4.74 Å². The molecule has 0 fully saturated rings. The Kier molecular flexibility index (Phi) is 6.20. The smallest absolute Gasteiger partial charge is 0.306 e. The predicted molar refractivity (Wildman–Crippen MR) is 117 cm³/mol. The third-order valence-corrected chi connectivity index (χ3v) is 5.54. The van der Waals surface area contributed by atoms with E-state index in [2.05, 4.69) is 19.9 Å². The van der Waals surface area contributed by atoms with Crippen molar-refractivity contribution in [1.82, 2.24) is 0 Å². The van der Waals surface area contributed by atoms with Crippen LogP contribution in [0.1, 0.15) is 48.2 Å². The Morgan fingerprint density at radius 3 is 2.33 bits per heavy atom. The number of likely N-dealkylation sites (N-methyl/N-ethyl adjacent to an activating group) is 1. The fourth-order valence-corrected chi connectivity index (χ4v) is 3.78. The minimum atomic E-state index is -0.551. The number of carbonyl (C=O) groups excluding carboxylic acids is 3. The Bertz CT molecular complexity index is 1000. The fourth-order valence-electron chi connectivity index (χ4n) is 3.78. The van der Waals surface area contributed by atoms with Crippen molar-refractivity contribution < 1.29 is 19.1 Å². The average molecular weight is 405 g/mol. The first-order chi connectivity index (χ1) is 14.2. The number of benzene rings is 2. The number of anilines is 1. The molecular formula is C25H27NO4. The summed E-state index contributed by atoms with van der Waals surface area (Å²) >= 11 is 0. The van der Waals surface area contributed by atoms with Crippen molar-refractivity contribution >= 4 is 23.2 Å². The van der Waals surface area contributed by atoms with E-state index in [1.165, 1.54) is 0 Å². The SMILES string of the molecule is Cc1ccc(C(=O)CCC(=O)OCC(=O)C=C2N(C)c3ccccc3C2(C)C)cc1. The summed E-state index contributed by atoms with van der Waals surface area (Å²) < 4.78 is 5.10. The average Bonchev–Trinajstić information content (AvgIpc) is 2.92. The van der Waals surface area contributed by atoms with Gasteiger partial charge in [0.15, 0.2) is 18.2 Å². The maximum atomic E-state index is 12.4. The highest BCUT2D eigenvalue weighted by Gasteiger charge is 2.38. The minimum Gasteiger partial charge on any atom is -0.457 e. The molecule has 0 saturated carbocycles. The molecule has 156 valence electrons. The number of hydrogen-bond donors (Lipinski definition) is 0. The summed E-state index contributed by atoms with van der Waals surface area (Å²) in [5.41, 5.74) is 4.40. The fraction of sp³-hybridized carbons (Fsp3) is 0.320. The van der Waals surface area contributed by atoms with Crippen molar-refractivity contribution in [3.8, 4) is 0 Å². The highest BCUT2D eigenvalue weighted by Crippen LogP contribution is 2.46. The molecule has 0 bridgehead atoms. The van der Waals surface area contributed by atoms with Crippen molar-refractivity contribution in [3.05, 3.63) is 77.0 Å². The number of hydrogen-bond acceptors (Lipinski definition) is 5. The van der Waals surface area contributed by atoms with Crippen molar-refractivity contribution in [1.29, 1.82) is 0 Å². The number of fused-ring (bicyclic) bond motifs is 1. The van der Waals surface area contributed by atoms with Crippen LogP contribution in [0.25, 0.3) is 0 Å². The van der Waals surface area contributed by atoms with Gasteiger partial charge in [-0.3, -0.25) is 14.4 Å². The number of para-hydroxylation sites is 1. The molecule has 0 aromatic heterocycles. The topological polar surface area (TPSA) is 63.7 Å². The van der Waals surface area contributed by atoms with Gasteiger partial charge in [-0.05, 0) is 18.6 Å². The number of ketones is 2. The number of Topliss-reactive ketones (excluding diaryl/α,β-unsaturated/α-hetero) is 1. The van der Waals surface area contributed by atoms with Gasteiger partial charge in [0.1, 0.15) is 0 Å². The monoisotopic (exact) mass is 405 g/mol. The first-order valence-electron chi connectivity index (χ1n) is 10.0.